The van der Waals surface area contributed by atoms with Crippen LogP contribution in [-0.4, -0.2) is 33.2 Å². The summed E-state index contributed by atoms with van der Waals surface area (Å²) in [5.41, 5.74) is 0. The average Bonchev–Trinajstić information content (AvgIpc) is 1.86. The lowest BCUT2D eigenvalue weighted by Gasteiger charge is -1.59. The van der Waals surface area contributed by atoms with Gasteiger partial charge in [-0.15, -0.1) is 0 Å². The third kappa shape index (κ3) is 322. The Balaban J connectivity index is -0.0000000492. The van der Waals surface area contributed by atoms with Crippen molar-refractivity contribution in [2.24, 2.45) is 11.7 Å². The first-order valence-corrected chi connectivity index (χ1v) is 3.12. The lowest BCUT2D eigenvalue weighted by Crippen LogP contribution is -2.02. The Kier molecular flexibility index (Phi) is 36.7. The number of nitrogens with two attached hydrogens (primary N) is 2. The quantitative estimate of drug-likeness (QED) is 0.254. The number of rotatable bonds is 0. The second kappa shape index (κ2) is 22.5. The van der Waals surface area contributed by atoms with E-state index in [1.165, 1.54) is 0 Å². The zero-order valence-corrected chi connectivity index (χ0v) is 8.22. The van der Waals surface area contributed by atoms with Crippen molar-refractivity contribution in [2.45, 2.75) is 20.8 Å². The standard InChI is InChI=1S/3C2H4O2.H4N2/c3*1-2(3)4;1-2/h3*1H3,(H,3,4);1-2H2. The van der Waals surface area contributed by atoms with E-state index in [9.17, 15) is 0 Å². The second-order valence-corrected chi connectivity index (χ2v) is 1.56. The van der Waals surface area contributed by atoms with E-state index in [0.29, 0.717) is 0 Å². The van der Waals surface area contributed by atoms with Gasteiger partial charge >= 0.3 is 0 Å². The van der Waals surface area contributed by atoms with Crippen molar-refractivity contribution in [1.82, 2.24) is 0 Å². The van der Waals surface area contributed by atoms with Crippen molar-refractivity contribution in [3.05, 3.63) is 0 Å². The first-order chi connectivity index (χ1) is 6.20. The Morgan fingerprint density at radius 2 is 0.714 bits per heavy atom. The number of aliphatic carboxylic acids is 3. The predicted molar refractivity (Wildman–Crippen MR) is 48.3 cm³/mol. The van der Waals surface area contributed by atoms with Crippen LogP contribution in [0, 0.1) is 0 Å². The van der Waals surface area contributed by atoms with E-state index in [1.807, 2.05) is 0 Å². The third-order valence-corrected chi connectivity index (χ3v) is 0. The smallest absolute Gasteiger partial charge is 0.300 e. The van der Waals surface area contributed by atoms with Crippen LogP contribution in [0.25, 0.3) is 0 Å². The molecule has 0 aliphatic rings. The maximum atomic E-state index is 9.00. The molecule has 0 bridgehead atoms. The molecule has 0 aliphatic carbocycles. The monoisotopic (exact) mass is 212 g/mol. The Hall–Kier alpha value is -1.67. The number of hydrazine groups is 1. The number of hydrogen-bond donors (Lipinski definition) is 5. The molecule has 8 heteroatoms. The highest BCUT2D eigenvalue weighted by atomic mass is 16.4. The van der Waals surface area contributed by atoms with Gasteiger partial charge in [-0.05, 0) is 0 Å². The van der Waals surface area contributed by atoms with Crippen molar-refractivity contribution >= 4 is 17.9 Å². The third-order valence-electron chi connectivity index (χ3n) is 0. The fourth-order valence-electron chi connectivity index (χ4n) is 0. The number of carboxylic acids is 3. The number of carboxylic acid groups (broad SMARTS) is 3. The van der Waals surface area contributed by atoms with Crippen molar-refractivity contribution in [3.63, 3.8) is 0 Å². The van der Waals surface area contributed by atoms with Gasteiger partial charge in [-0.1, -0.05) is 0 Å². The van der Waals surface area contributed by atoms with E-state index in [2.05, 4.69) is 11.7 Å². The molecule has 0 spiro atoms. The van der Waals surface area contributed by atoms with Crippen LogP contribution in [0.4, 0.5) is 0 Å². The van der Waals surface area contributed by atoms with E-state index in [1.54, 1.807) is 0 Å². The minimum atomic E-state index is -0.833. The highest BCUT2D eigenvalue weighted by Crippen LogP contribution is 1.42. The van der Waals surface area contributed by atoms with Gasteiger partial charge < -0.3 is 15.3 Å². The summed E-state index contributed by atoms with van der Waals surface area (Å²) in [6, 6.07) is 0. The summed E-state index contributed by atoms with van der Waals surface area (Å²) in [5, 5.41) is 22.2. The molecule has 14 heavy (non-hydrogen) atoms. The van der Waals surface area contributed by atoms with Crippen LogP contribution in [-0.2, 0) is 14.4 Å². The van der Waals surface area contributed by atoms with E-state index in [0.717, 1.165) is 20.8 Å². The summed E-state index contributed by atoms with van der Waals surface area (Å²) in [6.07, 6.45) is 0. The van der Waals surface area contributed by atoms with Crippen molar-refractivity contribution < 1.29 is 29.7 Å². The lowest BCUT2D eigenvalue weighted by atomic mass is 10.9. The molecule has 7 N–H and O–H groups in total. The highest BCUT2D eigenvalue weighted by Gasteiger charge is 1.66. The minimum absolute atomic E-state index is 0.833. The molecule has 0 saturated heterocycles. The summed E-state index contributed by atoms with van der Waals surface area (Å²) in [4.78, 5) is 27.0. The summed E-state index contributed by atoms with van der Waals surface area (Å²) < 4.78 is 0. The second-order valence-electron chi connectivity index (χ2n) is 1.56. The lowest BCUT2D eigenvalue weighted by molar-refractivity contribution is -0.135. The summed E-state index contributed by atoms with van der Waals surface area (Å²) in [5.74, 6) is 5.50. The predicted octanol–water partition coefficient (Wildman–Crippen LogP) is -0.908. The molecule has 0 unspecified atom stereocenters. The minimum Gasteiger partial charge on any atom is -0.481 e. The van der Waals surface area contributed by atoms with Crippen LogP contribution in [0.1, 0.15) is 20.8 Å². The van der Waals surface area contributed by atoms with Gasteiger partial charge in [0.2, 0.25) is 0 Å². The molecule has 0 atom stereocenters. The van der Waals surface area contributed by atoms with E-state index in [4.69, 9.17) is 29.7 Å². The molecule has 0 fully saturated rings. The van der Waals surface area contributed by atoms with Gasteiger partial charge in [-0.3, -0.25) is 26.1 Å². The zero-order valence-electron chi connectivity index (χ0n) is 8.22. The van der Waals surface area contributed by atoms with E-state index in [-0.39, 0.29) is 0 Å². The van der Waals surface area contributed by atoms with Gasteiger partial charge in [0.15, 0.2) is 0 Å². The Labute approximate surface area is 81.1 Å². The van der Waals surface area contributed by atoms with Gasteiger partial charge in [0.25, 0.3) is 17.9 Å². The van der Waals surface area contributed by atoms with E-state index < -0.39 is 17.9 Å². The van der Waals surface area contributed by atoms with Crippen molar-refractivity contribution in [1.29, 1.82) is 0 Å². The molecule has 8 nitrogen and oxygen atoms in total. The molecule has 0 aromatic rings. The van der Waals surface area contributed by atoms with Crippen molar-refractivity contribution in [2.75, 3.05) is 0 Å². The summed E-state index contributed by atoms with van der Waals surface area (Å²) in [6.45, 7) is 3.25. The van der Waals surface area contributed by atoms with Crippen LogP contribution in [0.2, 0.25) is 0 Å². The average molecular weight is 212 g/mol. The van der Waals surface area contributed by atoms with Crippen LogP contribution in [0.5, 0.6) is 0 Å². The maximum Gasteiger partial charge on any atom is 0.300 e. The summed E-state index contributed by atoms with van der Waals surface area (Å²) >= 11 is 0. The highest BCUT2D eigenvalue weighted by molar-refractivity contribution is 5.63. The molecule has 0 aromatic heterocycles. The summed E-state index contributed by atoms with van der Waals surface area (Å²) in [7, 11) is 0. The molecule has 0 heterocycles. The molecule has 0 amide bonds. The molecule has 0 aromatic carbocycles. The normalized spacial score (nSPS) is 5.79. The van der Waals surface area contributed by atoms with Gasteiger partial charge in [0.05, 0.1) is 0 Å². The molecular weight excluding hydrogens is 196 g/mol. The van der Waals surface area contributed by atoms with Crippen LogP contribution in [0.3, 0.4) is 0 Å². The fraction of sp³-hybridized carbons (Fsp3) is 0.500. The largest absolute Gasteiger partial charge is 0.481 e. The maximum absolute atomic E-state index is 9.00. The molecular formula is C6H16N2O6. The first-order valence-electron chi connectivity index (χ1n) is 3.12. The van der Waals surface area contributed by atoms with Crippen LogP contribution in [0.15, 0.2) is 0 Å². The van der Waals surface area contributed by atoms with Gasteiger partial charge in [-0.25, -0.2) is 0 Å². The zero-order chi connectivity index (χ0) is 12.7. The molecule has 0 aliphatic heterocycles. The molecule has 0 rings (SSSR count). The topological polar surface area (TPSA) is 164 Å². The number of hydrogen-bond acceptors (Lipinski definition) is 5. The van der Waals surface area contributed by atoms with E-state index >= 15 is 0 Å². The fourth-order valence-corrected chi connectivity index (χ4v) is 0. The molecule has 86 valence electrons. The SMILES string of the molecule is CC(=O)O.CC(=O)O.CC(=O)O.NN. The van der Waals surface area contributed by atoms with Gasteiger partial charge in [0, 0.05) is 20.8 Å². The first kappa shape index (κ1) is 22.8. The Morgan fingerprint density at radius 3 is 0.714 bits per heavy atom. The Morgan fingerprint density at radius 1 is 0.714 bits per heavy atom. The molecule has 0 radical (unpaired) electrons. The number of carbonyl (C=O) groups is 3. The van der Waals surface area contributed by atoms with Crippen molar-refractivity contribution in [3.8, 4) is 0 Å². The molecule has 0 saturated carbocycles. The van der Waals surface area contributed by atoms with Crippen LogP contribution < -0.4 is 11.7 Å². The Bertz CT molecular complexity index is 118. The van der Waals surface area contributed by atoms with Crippen LogP contribution >= 0.6 is 0 Å². The van der Waals surface area contributed by atoms with Gasteiger partial charge in [0.1, 0.15) is 0 Å². The van der Waals surface area contributed by atoms with Gasteiger partial charge in [-0.2, -0.15) is 0 Å².